The molecule has 166 valence electrons. The molecule has 2 fully saturated rings. The number of imidazole rings is 1. The van der Waals surface area contributed by atoms with Crippen LogP contribution in [0, 0.1) is 17.2 Å². The number of aromatic nitrogens is 2. The summed E-state index contributed by atoms with van der Waals surface area (Å²) in [6.45, 7) is 0. The van der Waals surface area contributed by atoms with Gasteiger partial charge in [0.25, 0.3) is 5.91 Å². The van der Waals surface area contributed by atoms with Gasteiger partial charge in [-0.3, -0.25) is 9.20 Å². The van der Waals surface area contributed by atoms with Crippen LogP contribution in [0.1, 0.15) is 60.3 Å². The van der Waals surface area contributed by atoms with Crippen molar-refractivity contribution in [3.8, 4) is 6.07 Å². The third-order valence-corrected chi connectivity index (χ3v) is 6.22. The number of halogens is 6. The highest BCUT2D eigenvalue weighted by molar-refractivity contribution is 6.30. The van der Waals surface area contributed by atoms with Gasteiger partial charge in [0.15, 0.2) is 5.69 Å². The number of amides is 1. The number of carbonyl (C=O) groups excluding carboxylic acids is 1. The number of nitriles is 1. The van der Waals surface area contributed by atoms with Crippen LogP contribution in [0.5, 0.6) is 0 Å². The van der Waals surface area contributed by atoms with Crippen molar-refractivity contribution >= 4 is 23.2 Å². The molecule has 2 heterocycles. The average Bonchev–Trinajstić information content (AvgIpc) is 3.35. The molecule has 0 aromatic carbocycles. The molecule has 0 aliphatic heterocycles. The summed E-state index contributed by atoms with van der Waals surface area (Å²) in [5, 5.41) is 11.5. The van der Waals surface area contributed by atoms with Crippen molar-refractivity contribution in [1.29, 1.82) is 5.26 Å². The zero-order chi connectivity index (χ0) is 22.6. The number of fused-ring (bicyclic) bond motifs is 1. The second-order valence-corrected chi connectivity index (χ2v) is 8.70. The predicted octanol–water partition coefficient (Wildman–Crippen LogP) is 5.16. The first-order valence-corrected chi connectivity index (χ1v) is 10.2. The van der Waals surface area contributed by atoms with Crippen LogP contribution in [-0.4, -0.2) is 26.8 Å². The molecular formula is C20H18ClF5N4O. The van der Waals surface area contributed by atoms with Crippen molar-refractivity contribution in [2.75, 3.05) is 0 Å². The molecule has 31 heavy (non-hydrogen) atoms. The minimum absolute atomic E-state index is 0.0124. The molecule has 1 amide bonds. The monoisotopic (exact) mass is 460 g/mol. The van der Waals surface area contributed by atoms with Crippen LogP contribution >= 0.6 is 11.6 Å². The van der Waals surface area contributed by atoms with Gasteiger partial charge in [-0.1, -0.05) is 11.6 Å². The number of nitrogens with zero attached hydrogens (tertiary/aromatic N) is 3. The summed E-state index contributed by atoms with van der Waals surface area (Å²) in [6, 6.07) is 4.40. The second kappa shape index (κ2) is 7.33. The number of rotatable bonds is 4. The molecule has 2 saturated carbocycles. The third kappa shape index (κ3) is 4.33. The van der Waals surface area contributed by atoms with Crippen LogP contribution in [0.4, 0.5) is 22.0 Å². The Morgan fingerprint density at radius 1 is 1.26 bits per heavy atom. The van der Waals surface area contributed by atoms with E-state index in [0.29, 0.717) is 12.8 Å². The minimum atomic E-state index is -4.77. The zero-order valence-corrected chi connectivity index (χ0v) is 17.0. The van der Waals surface area contributed by atoms with Crippen LogP contribution in [0.2, 0.25) is 5.15 Å². The first-order valence-electron chi connectivity index (χ1n) is 9.83. The van der Waals surface area contributed by atoms with Crippen LogP contribution in [0.25, 0.3) is 5.65 Å². The molecule has 0 atom stereocenters. The topological polar surface area (TPSA) is 70.2 Å². The zero-order valence-electron chi connectivity index (χ0n) is 16.2. The van der Waals surface area contributed by atoms with E-state index in [2.05, 4.69) is 10.3 Å². The number of alkyl halides is 5. The maximum Gasteiger partial charge on any atom is 0.435 e. The van der Waals surface area contributed by atoms with Gasteiger partial charge in [-0.2, -0.15) is 18.4 Å². The van der Waals surface area contributed by atoms with Crippen molar-refractivity contribution < 1.29 is 26.7 Å². The maximum absolute atomic E-state index is 13.7. The lowest BCUT2D eigenvalue weighted by atomic mass is 9.83. The van der Waals surface area contributed by atoms with Gasteiger partial charge in [-0.15, -0.1) is 0 Å². The molecule has 2 aromatic rings. The Hall–Kier alpha value is -2.41. The Labute approximate surface area is 179 Å². The third-order valence-electron chi connectivity index (χ3n) is 5.94. The summed E-state index contributed by atoms with van der Waals surface area (Å²) in [4.78, 5) is 16.1. The molecule has 2 aromatic heterocycles. The Bertz CT molecular complexity index is 1070. The van der Waals surface area contributed by atoms with Gasteiger partial charge in [-0.05, 0) is 50.2 Å². The maximum atomic E-state index is 13.7. The Morgan fingerprint density at radius 3 is 2.45 bits per heavy atom. The summed E-state index contributed by atoms with van der Waals surface area (Å²) in [5.74, 6) is -3.77. The summed E-state index contributed by atoms with van der Waals surface area (Å²) in [5.41, 5.74) is -2.47. The quantitative estimate of drug-likeness (QED) is 0.506. The fourth-order valence-electron chi connectivity index (χ4n) is 3.98. The van der Waals surface area contributed by atoms with E-state index in [1.165, 1.54) is 12.1 Å². The molecule has 11 heteroatoms. The SMILES string of the molecule is N#CC1(NC(=O)c2cc(Cl)n3c(CC4CCC(F)(F)CC4)c(C(F)(F)F)nc3c2)CC1. The molecule has 4 rings (SSSR count). The molecule has 0 saturated heterocycles. The van der Waals surface area contributed by atoms with E-state index >= 15 is 0 Å². The summed E-state index contributed by atoms with van der Waals surface area (Å²) in [7, 11) is 0. The van der Waals surface area contributed by atoms with Gasteiger partial charge < -0.3 is 5.32 Å². The van der Waals surface area contributed by atoms with E-state index in [4.69, 9.17) is 16.9 Å². The lowest BCUT2D eigenvalue weighted by Gasteiger charge is -2.28. The fourth-order valence-corrected chi connectivity index (χ4v) is 4.29. The summed E-state index contributed by atoms with van der Waals surface area (Å²) < 4.78 is 69.0. The Kier molecular flexibility index (Phi) is 5.16. The molecule has 0 unspecified atom stereocenters. The van der Waals surface area contributed by atoms with Crippen LogP contribution in [0.15, 0.2) is 12.1 Å². The largest absolute Gasteiger partial charge is 0.435 e. The molecule has 0 spiro atoms. The lowest BCUT2D eigenvalue weighted by Crippen LogP contribution is -2.35. The normalized spacial score (nSPS) is 20.4. The molecule has 0 radical (unpaired) electrons. The lowest BCUT2D eigenvalue weighted by molar-refractivity contribution is -0.141. The molecule has 2 aliphatic rings. The summed E-state index contributed by atoms with van der Waals surface area (Å²) >= 11 is 6.25. The predicted molar refractivity (Wildman–Crippen MR) is 101 cm³/mol. The van der Waals surface area contributed by atoms with Gasteiger partial charge >= 0.3 is 6.18 Å². The van der Waals surface area contributed by atoms with Crippen molar-refractivity contribution in [1.82, 2.24) is 14.7 Å². The number of pyridine rings is 1. The van der Waals surface area contributed by atoms with Gasteiger partial charge in [0.2, 0.25) is 5.92 Å². The van der Waals surface area contributed by atoms with E-state index in [-0.39, 0.29) is 60.1 Å². The number of hydrogen-bond acceptors (Lipinski definition) is 3. The van der Waals surface area contributed by atoms with Gasteiger partial charge in [-0.25, -0.2) is 13.8 Å². The molecule has 5 nitrogen and oxygen atoms in total. The fraction of sp³-hybridized carbons (Fsp3) is 0.550. The van der Waals surface area contributed by atoms with Gasteiger partial charge in [0, 0.05) is 18.4 Å². The number of nitrogens with one attached hydrogen (secondary N) is 1. The first-order chi connectivity index (χ1) is 14.4. The Balaban J connectivity index is 1.70. The second-order valence-electron chi connectivity index (χ2n) is 8.32. The minimum Gasteiger partial charge on any atom is -0.334 e. The summed E-state index contributed by atoms with van der Waals surface area (Å²) in [6.07, 6.45) is -4.41. The Morgan fingerprint density at radius 2 is 1.90 bits per heavy atom. The van der Waals surface area contributed by atoms with E-state index < -0.39 is 29.2 Å². The van der Waals surface area contributed by atoms with Gasteiger partial charge in [0.1, 0.15) is 16.3 Å². The molecule has 2 aliphatic carbocycles. The van der Waals surface area contributed by atoms with E-state index in [0.717, 1.165) is 4.40 Å². The molecule has 0 bridgehead atoms. The van der Waals surface area contributed by atoms with Crippen LogP contribution in [-0.2, 0) is 12.6 Å². The highest BCUT2D eigenvalue weighted by atomic mass is 35.5. The van der Waals surface area contributed by atoms with Crippen LogP contribution < -0.4 is 5.32 Å². The van der Waals surface area contributed by atoms with E-state index in [9.17, 15) is 26.7 Å². The first kappa shape index (κ1) is 21.8. The molecular weight excluding hydrogens is 443 g/mol. The van der Waals surface area contributed by atoms with Gasteiger partial charge in [0.05, 0.1) is 11.8 Å². The standard InChI is InChI=1S/C20H18ClF5N4O/c21-14-8-12(17(31)29-18(10-27)5-6-18)9-15-28-16(20(24,25)26)13(30(14)15)7-11-1-3-19(22,23)4-2-11/h8-9,11H,1-7H2,(H,29,31). The highest BCUT2D eigenvalue weighted by Crippen LogP contribution is 2.40. The van der Waals surface area contributed by atoms with Crippen molar-refractivity contribution in [2.45, 2.75) is 62.6 Å². The number of hydrogen-bond donors (Lipinski definition) is 1. The van der Waals surface area contributed by atoms with Crippen molar-refractivity contribution in [3.63, 3.8) is 0 Å². The molecule has 1 N–H and O–H groups in total. The smallest absolute Gasteiger partial charge is 0.334 e. The average molecular weight is 461 g/mol. The highest BCUT2D eigenvalue weighted by Gasteiger charge is 2.45. The van der Waals surface area contributed by atoms with E-state index in [1.54, 1.807) is 0 Å². The number of carbonyl (C=O) groups is 1. The van der Waals surface area contributed by atoms with Crippen molar-refractivity contribution in [3.05, 3.63) is 34.2 Å². The van der Waals surface area contributed by atoms with E-state index in [1.807, 2.05) is 6.07 Å². The van der Waals surface area contributed by atoms with Crippen LogP contribution in [0.3, 0.4) is 0 Å². The van der Waals surface area contributed by atoms with Crippen molar-refractivity contribution in [2.24, 2.45) is 5.92 Å².